The third-order valence-corrected chi connectivity index (χ3v) is 7.76. The van der Waals surface area contributed by atoms with Crippen molar-refractivity contribution >= 4 is 26.7 Å². The van der Waals surface area contributed by atoms with E-state index < -0.39 is 15.4 Å². The van der Waals surface area contributed by atoms with Gasteiger partial charge in [-0.2, -0.15) is 0 Å². The number of benzene rings is 2. The Kier molecular flexibility index (Phi) is 5.55. The van der Waals surface area contributed by atoms with Gasteiger partial charge in [0.15, 0.2) is 5.78 Å². The van der Waals surface area contributed by atoms with Crippen LogP contribution in [0.2, 0.25) is 0 Å². The Labute approximate surface area is 178 Å². The Bertz CT molecular complexity index is 1160. The molecule has 1 aromatic heterocycles. The molecule has 2 heterocycles. The fourth-order valence-corrected chi connectivity index (χ4v) is 6.26. The molecule has 4 rings (SSSR count). The Morgan fingerprint density at radius 1 is 1.03 bits per heavy atom. The van der Waals surface area contributed by atoms with Gasteiger partial charge in [-0.1, -0.05) is 50.2 Å². The van der Waals surface area contributed by atoms with Crippen molar-refractivity contribution in [1.82, 2.24) is 9.29 Å². The summed E-state index contributed by atoms with van der Waals surface area (Å²) in [5.41, 5.74) is 0.263. The first-order chi connectivity index (χ1) is 14.3. The van der Waals surface area contributed by atoms with Crippen LogP contribution in [-0.4, -0.2) is 31.3 Å². The molecule has 1 N–H and O–H groups in total. The van der Waals surface area contributed by atoms with Gasteiger partial charge < -0.3 is 5.32 Å². The van der Waals surface area contributed by atoms with E-state index in [-0.39, 0.29) is 16.4 Å². The quantitative estimate of drug-likeness (QED) is 0.593. The molecule has 0 unspecified atom stereocenters. The summed E-state index contributed by atoms with van der Waals surface area (Å²) in [6.45, 7) is 5.77. The average Bonchev–Trinajstić information content (AvgIpc) is 3.14. The topological polar surface area (TPSA) is 68.2 Å². The maximum atomic E-state index is 14.0. The minimum Gasteiger partial charge on any atom is -0.317 e. The highest BCUT2D eigenvalue weighted by molar-refractivity contribution is 7.90. The molecule has 0 bridgehead atoms. The molecular weight excluding hydrogens is 396 g/mol. The molecule has 0 amide bonds. The van der Waals surface area contributed by atoms with E-state index >= 15 is 0 Å². The zero-order valence-corrected chi connectivity index (χ0v) is 18.3. The number of piperidine rings is 1. The van der Waals surface area contributed by atoms with Crippen LogP contribution in [0.4, 0.5) is 0 Å². The van der Waals surface area contributed by atoms with Crippen LogP contribution in [-0.2, 0) is 10.0 Å². The number of aromatic nitrogens is 1. The Hall–Kier alpha value is -2.44. The van der Waals surface area contributed by atoms with Crippen molar-refractivity contribution < 1.29 is 13.2 Å². The molecule has 30 heavy (non-hydrogen) atoms. The van der Waals surface area contributed by atoms with Gasteiger partial charge in [0.25, 0.3) is 10.0 Å². The van der Waals surface area contributed by atoms with Crippen LogP contribution < -0.4 is 5.32 Å². The number of hydrogen-bond donors (Lipinski definition) is 1. The fraction of sp³-hybridized carbons (Fsp3) is 0.375. The van der Waals surface area contributed by atoms with E-state index in [1.165, 1.54) is 3.97 Å². The molecule has 0 saturated carbocycles. The van der Waals surface area contributed by atoms with Crippen molar-refractivity contribution in [1.29, 1.82) is 0 Å². The highest BCUT2D eigenvalue weighted by Crippen LogP contribution is 2.40. The van der Waals surface area contributed by atoms with Crippen molar-refractivity contribution in [3.8, 4) is 0 Å². The van der Waals surface area contributed by atoms with Crippen LogP contribution >= 0.6 is 0 Å². The van der Waals surface area contributed by atoms with E-state index in [0.717, 1.165) is 37.7 Å². The number of ketones is 1. The van der Waals surface area contributed by atoms with Crippen LogP contribution in [0.5, 0.6) is 0 Å². The maximum Gasteiger partial charge on any atom is 0.268 e. The molecule has 1 aliphatic heterocycles. The molecule has 0 spiro atoms. The molecule has 1 fully saturated rings. The number of fused-ring (bicyclic) bond motifs is 1. The summed E-state index contributed by atoms with van der Waals surface area (Å²) < 4.78 is 28.6. The van der Waals surface area contributed by atoms with Gasteiger partial charge in [-0.25, -0.2) is 12.4 Å². The van der Waals surface area contributed by atoms with Crippen LogP contribution in [0.3, 0.4) is 0 Å². The summed E-state index contributed by atoms with van der Waals surface area (Å²) in [5, 5.41) is 4.10. The highest BCUT2D eigenvalue weighted by Gasteiger charge is 2.42. The molecule has 0 atom stereocenters. The van der Waals surface area contributed by atoms with Gasteiger partial charge in [0.2, 0.25) is 0 Å². The third-order valence-electron chi connectivity index (χ3n) is 6.02. The predicted molar refractivity (Wildman–Crippen MR) is 119 cm³/mol. The van der Waals surface area contributed by atoms with Crippen LogP contribution in [0, 0.1) is 11.3 Å². The molecule has 3 aromatic rings. The summed E-state index contributed by atoms with van der Waals surface area (Å²) in [5.74, 6) is 0.281. The lowest BCUT2D eigenvalue weighted by Crippen LogP contribution is -2.44. The summed E-state index contributed by atoms with van der Waals surface area (Å²) in [6, 6.07) is 17.4. The first-order valence-corrected chi connectivity index (χ1v) is 12.0. The van der Waals surface area contributed by atoms with Gasteiger partial charge in [-0.05, 0) is 62.5 Å². The first-order valence-electron chi connectivity index (χ1n) is 10.5. The minimum absolute atomic E-state index is 0.0617. The summed E-state index contributed by atoms with van der Waals surface area (Å²) >= 11 is 0. The molecule has 5 nitrogen and oxygen atoms in total. The lowest BCUT2D eigenvalue weighted by atomic mass is 9.69. The lowest BCUT2D eigenvalue weighted by molar-refractivity contribution is 0.0668. The lowest BCUT2D eigenvalue weighted by Gasteiger charge is -2.37. The molecule has 0 radical (unpaired) electrons. The number of nitrogens with one attached hydrogen (secondary N) is 1. The molecule has 2 aromatic carbocycles. The normalized spacial score (nSPS) is 16.8. The summed E-state index contributed by atoms with van der Waals surface area (Å²) in [7, 11) is -3.91. The van der Waals surface area contributed by atoms with Gasteiger partial charge in [0.1, 0.15) is 5.69 Å². The van der Waals surface area contributed by atoms with Gasteiger partial charge >= 0.3 is 0 Å². The number of hydrogen-bond acceptors (Lipinski definition) is 4. The van der Waals surface area contributed by atoms with E-state index in [4.69, 9.17) is 0 Å². The third kappa shape index (κ3) is 3.59. The van der Waals surface area contributed by atoms with Gasteiger partial charge in [0, 0.05) is 10.8 Å². The Balaban J connectivity index is 1.93. The molecule has 1 saturated heterocycles. The number of carbonyl (C=O) groups excluding carboxylic acids is 1. The molecule has 1 aliphatic rings. The SMILES string of the molecule is CC(C)CC1(C(=O)c2cc3ccccc3n2S(=O)(=O)c2ccccc2)CCNCC1. The monoisotopic (exact) mass is 424 g/mol. The maximum absolute atomic E-state index is 14.0. The number of nitrogens with zero attached hydrogens (tertiary/aromatic N) is 1. The number of Topliss-reactive ketones (excluding diaryl/α,β-unsaturated/α-hetero) is 1. The minimum atomic E-state index is -3.91. The fourth-order valence-electron chi connectivity index (χ4n) is 4.73. The van der Waals surface area contributed by atoms with E-state index in [1.807, 2.05) is 18.2 Å². The second-order valence-electron chi connectivity index (χ2n) is 8.63. The van der Waals surface area contributed by atoms with Crippen molar-refractivity contribution in [3.63, 3.8) is 0 Å². The Morgan fingerprint density at radius 2 is 1.67 bits per heavy atom. The van der Waals surface area contributed by atoms with Crippen molar-refractivity contribution in [3.05, 3.63) is 66.4 Å². The first kappa shape index (κ1) is 20.8. The number of rotatable bonds is 6. The van der Waals surface area contributed by atoms with E-state index in [2.05, 4.69) is 19.2 Å². The predicted octanol–water partition coefficient (Wildman–Crippen LogP) is 4.48. The summed E-state index contributed by atoms with van der Waals surface area (Å²) in [4.78, 5) is 14.2. The van der Waals surface area contributed by atoms with Gasteiger partial charge in [-0.15, -0.1) is 0 Å². The zero-order valence-electron chi connectivity index (χ0n) is 17.5. The van der Waals surface area contributed by atoms with Crippen molar-refractivity contribution in [2.24, 2.45) is 11.3 Å². The smallest absolute Gasteiger partial charge is 0.268 e. The van der Waals surface area contributed by atoms with Crippen LogP contribution in [0.1, 0.15) is 43.6 Å². The van der Waals surface area contributed by atoms with Gasteiger partial charge in [0.05, 0.1) is 10.4 Å². The van der Waals surface area contributed by atoms with E-state index in [1.54, 1.807) is 42.5 Å². The van der Waals surface area contributed by atoms with Crippen LogP contribution in [0.25, 0.3) is 10.9 Å². The highest BCUT2D eigenvalue weighted by atomic mass is 32.2. The number of carbonyl (C=O) groups is 1. The van der Waals surface area contributed by atoms with E-state index in [9.17, 15) is 13.2 Å². The van der Waals surface area contributed by atoms with Crippen molar-refractivity contribution in [2.75, 3.05) is 13.1 Å². The number of para-hydroxylation sites is 1. The van der Waals surface area contributed by atoms with Crippen molar-refractivity contribution in [2.45, 2.75) is 38.0 Å². The van der Waals surface area contributed by atoms with Crippen LogP contribution in [0.15, 0.2) is 65.6 Å². The van der Waals surface area contributed by atoms with E-state index in [0.29, 0.717) is 11.4 Å². The molecule has 6 heteroatoms. The molecule has 158 valence electrons. The Morgan fingerprint density at radius 3 is 2.33 bits per heavy atom. The van der Waals surface area contributed by atoms with Gasteiger partial charge in [-0.3, -0.25) is 4.79 Å². The molecule has 0 aliphatic carbocycles. The average molecular weight is 425 g/mol. The molecular formula is C24H28N2O3S. The largest absolute Gasteiger partial charge is 0.317 e. The second-order valence-corrected chi connectivity index (χ2v) is 10.4. The second kappa shape index (κ2) is 8.00. The standard InChI is InChI=1S/C24H28N2O3S/c1-18(2)17-24(12-14-25-15-13-24)23(27)22-16-19-8-6-7-11-21(19)26(22)30(28,29)20-9-4-3-5-10-20/h3-11,16,18,25H,12-15,17H2,1-2H3. The summed E-state index contributed by atoms with van der Waals surface area (Å²) in [6.07, 6.45) is 2.19. The zero-order chi connectivity index (χ0) is 21.4.